The van der Waals surface area contributed by atoms with Crippen molar-refractivity contribution in [1.29, 1.82) is 0 Å². The Hall–Kier alpha value is -3.32. The molecule has 2 aliphatic rings. The molecule has 0 N–H and O–H groups in total. The molecule has 0 radical (unpaired) electrons. The fourth-order valence-corrected chi connectivity index (χ4v) is 4.48. The van der Waals surface area contributed by atoms with Crippen molar-refractivity contribution in [2.24, 2.45) is 0 Å². The normalized spacial score (nSPS) is 17.3. The van der Waals surface area contributed by atoms with Crippen LogP contribution in [0.25, 0.3) is 11.4 Å². The van der Waals surface area contributed by atoms with E-state index >= 15 is 0 Å². The highest BCUT2D eigenvalue weighted by Gasteiger charge is 2.43. The van der Waals surface area contributed by atoms with Crippen molar-refractivity contribution in [3.05, 3.63) is 71.8 Å². The van der Waals surface area contributed by atoms with Gasteiger partial charge in [0.2, 0.25) is 0 Å². The number of ether oxygens (including phenoxy) is 2. The molecule has 158 valence electrons. The van der Waals surface area contributed by atoms with Crippen molar-refractivity contribution in [3.63, 3.8) is 0 Å². The van der Waals surface area contributed by atoms with E-state index in [1.165, 1.54) is 0 Å². The number of fused-ring (bicyclic) bond motifs is 2. The van der Waals surface area contributed by atoms with Crippen molar-refractivity contribution in [2.45, 2.75) is 24.9 Å². The quantitative estimate of drug-likeness (QED) is 0.652. The maximum atomic E-state index is 13.1. The van der Waals surface area contributed by atoms with Crippen LogP contribution in [0.4, 0.5) is 0 Å². The van der Waals surface area contributed by atoms with Gasteiger partial charge in [-0.25, -0.2) is 9.97 Å². The van der Waals surface area contributed by atoms with E-state index in [0.717, 1.165) is 23.2 Å². The molecular weight excluding hydrogens is 392 g/mol. The number of amides is 1. The zero-order chi connectivity index (χ0) is 21.3. The first-order valence-electron chi connectivity index (χ1n) is 10.5. The van der Waals surface area contributed by atoms with Gasteiger partial charge in [0.15, 0.2) is 5.82 Å². The number of hydrogen-bond acceptors (Lipinski definition) is 6. The van der Waals surface area contributed by atoms with Gasteiger partial charge in [0.05, 0.1) is 25.0 Å². The molecule has 4 heterocycles. The molecule has 3 aromatic rings. The molecule has 7 nitrogen and oxygen atoms in total. The standard InChI is InChI=1S/C24H24N4O3/c1-30-20-7-11-25-16-19(20)23(29)28-12-9-24(10-13-28)21-18(8-14-31-24)15-26-22(27-21)17-5-3-2-4-6-17/h2-7,11,15-16H,8-10,12-14H2,1H3. The summed E-state index contributed by atoms with van der Waals surface area (Å²) in [6.45, 7) is 1.81. The number of methoxy groups -OCH3 is 1. The first kappa shape index (κ1) is 19.6. The van der Waals surface area contributed by atoms with Crippen molar-refractivity contribution in [1.82, 2.24) is 19.9 Å². The molecule has 5 rings (SSSR count). The van der Waals surface area contributed by atoms with Gasteiger partial charge in [-0.2, -0.15) is 0 Å². The zero-order valence-corrected chi connectivity index (χ0v) is 17.5. The smallest absolute Gasteiger partial charge is 0.259 e. The minimum Gasteiger partial charge on any atom is -0.496 e. The number of nitrogens with zero attached hydrogens (tertiary/aromatic N) is 4. The summed E-state index contributed by atoms with van der Waals surface area (Å²) >= 11 is 0. The summed E-state index contributed by atoms with van der Waals surface area (Å²) in [5.41, 5.74) is 3.11. The van der Waals surface area contributed by atoms with Crippen LogP contribution in [0.15, 0.2) is 55.0 Å². The molecule has 0 saturated carbocycles. The Morgan fingerprint density at radius 2 is 1.94 bits per heavy atom. The first-order chi connectivity index (χ1) is 15.2. The van der Waals surface area contributed by atoms with Crippen LogP contribution in [-0.2, 0) is 16.8 Å². The van der Waals surface area contributed by atoms with Gasteiger partial charge in [-0.15, -0.1) is 0 Å². The van der Waals surface area contributed by atoms with Crippen LogP contribution in [-0.4, -0.2) is 52.6 Å². The van der Waals surface area contributed by atoms with Crippen LogP contribution in [0.2, 0.25) is 0 Å². The van der Waals surface area contributed by atoms with Crippen molar-refractivity contribution >= 4 is 5.91 Å². The molecular formula is C24H24N4O3. The molecule has 0 bridgehead atoms. The molecule has 7 heteroatoms. The molecule has 0 aliphatic carbocycles. The number of aromatic nitrogens is 3. The molecule has 1 aromatic carbocycles. The summed E-state index contributed by atoms with van der Waals surface area (Å²) in [6.07, 6.45) is 7.32. The van der Waals surface area contributed by atoms with Gasteiger partial charge in [0.1, 0.15) is 11.4 Å². The molecule has 31 heavy (non-hydrogen) atoms. The van der Waals surface area contributed by atoms with Gasteiger partial charge in [-0.1, -0.05) is 30.3 Å². The Labute approximate surface area is 181 Å². The minimum absolute atomic E-state index is 0.0662. The highest BCUT2D eigenvalue weighted by atomic mass is 16.5. The second-order valence-electron chi connectivity index (χ2n) is 7.89. The summed E-state index contributed by atoms with van der Waals surface area (Å²) < 4.78 is 11.7. The van der Waals surface area contributed by atoms with Gasteiger partial charge < -0.3 is 14.4 Å². The van der Waals surface area contributed by atoms with Crippen LogP contribution < -0.4 is 4.74 Å². The highest BCUT2D eigenvalue weighted by Crippen LogP contribution is 2.41. The number of likely N-dealkylation sites (tertiary alicyclic amines) is 1. The predicted molar refractivity (Wildman–Crippen MR) is 115 cm³/mol. The monoisotopic (exact) mass is 416 g/mol. The van der Waals surface area contributed by atoms with Crippen molar-refractivity contribution < 1.29 is 14.3 Å². The first-order valence-corrected chi connectivity index (χ1v) is 10.5. The zero-order valence-electron chi connectivity index (χ0n) is 17.5. The fourth-order valence-electron chi connectivity index (χ4n) is 4.48. The fraction of sp³-hybridized carbons (Fsp3) is 0.333. The molecule has 1 saturated heterocycles. The maximum Gasteiger partial charge on any atom is 0.259 e. The second-order valence-corrected chi connectivity index (χ2v) is 7.89. The molecule has 2 aliphatic heterocycles. The van der Waals surface area contributed by atoms with E-state index in [4.69, 9.17) is 14.5 Å². The number of carbonyl (C=O) groups is 1. The topological polar surface area (TPSA) is 77.4 Å². The number of rotatable bonds is 3. The number of benzene rings is 1. The van der Waals surface area contributed by atoms with Gasteiger partial charge in [-0.05, 0) is 30.9 Å². The van der Waals surface area contributed by atoms with E-state index in [9.17, 15) is 4.79 Å². The molecule has 1 amide bonds. The Bertz CT molecular complexity index is 1090. The summed E-state index contributed by atoms with van der Waals surface area (Å²) in [5.74, 6) is 1.19. The lowest BCUT2D eigenvalue weighted by Gasteiger charge is -2.44. The number of carbonyl (C=O) groups excluding carboxylic acids is 1. The molecule has 0 atom stereocenters. The third kappa shape index (κ3) is 3.55. The predicted octanol–water partition coefficient (Wildman–Crippen LogP) is 3.25. The van der Waals surface area contributed by atoms with E-state index in [-0.39, 0.29) is 5.91 Å². The second kappa shape index (κ2) is 8.07. The average molecular weight is 416 g/mol. The van der Waals surface area contributed by atoms with Crippen LogP contribution in [0, 0.1) is 0 Å². The lowest BCUT2D eigenvalue weighted by Crippen LogP contribution is -2.49. The van der Waals surface area contributed by atoms with Crippen molar-refractivity contribution in [3.8, 4) is 17.1 Å². The van der Waals surface area contributed by atoms with Gasteiger partial charge in [-0.3, -0.25) is 9.78 Å². The summed E-state index contributed by atoms with van der Waals surface area (Å²) in [5, 5.41) is 0. The molecule has 1 spiro atoms. The van der Waals surface area contributed by atoms with E-state index in [1.807, 2.05) is 41.4 Å². The molecule has 0 unspecified atom stereocenters. The Kier molecular flexibility index (Phi) is 5.11. The summed E-state index contributed by atoms with van der Waals surface area (Å²) in [6, 6.07) is 11.7. The van der Waals surface area contributed by atoms with Gasteiger partial charge >= 0.3 is 0 Å². The number of hydrogen-bond donors (Lipinski definition) is 0. The lowest BCUT2D eigenvalue weighted by atomic mass is 9.83. The SMILES string of the molecule is COc1ccncc1C(=O)N1CCC2(CC1)OCCc1cnc(-c3ccccc3)nc12. The highest BCUT2D eigenvalue weighted by molar-refractivity contribution is 5.96. The Balaban J connectivity index is 1.40. The minimum atomic E-state index is -0.476. The lowest BCUT2D eigenvalue weighted by molar-refractivity contribution is -0.0967. The van der Waals surface area contributed by atoms with E-state index in [0.29, 0.717) is 49.7 Å². The number of piperidine rings is 1. The van der Waals surface area contributed by atoms with Gasteiger partial charge in [0.25, 0.3) is 5.91 Å². The van der Waals surface area contributed by atoms with Crippen LogP contribution in [0.3, 0.4) is 0 Å². The maximum absolute atomic E-state index is 13.1. The van der Waals surface area contributed by atoms with Crippen molar-refractivity contribution in [2.75, 3.05) is 26.8 Å². The van der Waals surface area contributed by atoms with E-state index < -0.39 is 5.60 Å². The Morgan fingerprint density at radius 3 is 2.71 bits per heavy atom. The van der Waals surface area contributed by atoms with E-state index in [2.05, 4.69) is 9.97 Å². The molecule has 2 aromatic heterocycles. The van der Waals surface area contributed by atoms with E-state index in [1.54, 1.807) is 25.6 Å². The van der Waals surface area contributed by atoms with Gasteiger partial charge in [0, 0.05) is 37.2 Å². The van der Waals surface area contributed by atoms with Crippen LogP contribution >= 0.6 is 0 Å². The van der Waals surface area contributed by atoms with Crippen LogP contribution in [0.1, 0.15) is 34.5 Å². The summed E-state index contributed by atoms with van der Waals surface area (Å²) in [4.78, 5) is 28.6. The average Bonchev–Trinajstić information content (AvgIpc) is 2.85. The third-order valence-corrected chi connectivity index (χ3v) is 6.17. The number of pyridine rings is 1. The third-order valence-electron chi connectivity index (χ3n) is 6.17. The summed E-state index contributed by atoms with van der Waals surface area (Å²) in [7, 11) is 1.56. The Morgan fingerprint density at radius 1 is 1.13 bits per heavy atom. The van der Waals surface area contributed by atoms with Crippen LogP contribution in [0.5, 0.6) is 5.75 Å². The molecule has 1 fully saturated rings. The largest absolute Gasteiger partial charge is 0.496 e.